The van der Waals surface area contributed by atoms with Gasteiger partial charge in [0, 0.05) is 32.6 Å². The SMILES string of the molecule is CC(C)N(CCC(N)=S)C1CCN(C)C1=O. The molecule has 5 heteroatoms. The molecule has 1 unspecified atom stereocenters. The van der Waals surface area contributed by atoms with Crippen LogP contribution in [0, 0.1) is 0 Å². The van der Waals surface area contributed by atoms with Crippen molar-refractivity contribution < 1.29 is 4.79 Å². The smallest absolute Gasteiger partial charge is 0.239 e. The molecule has 1 heterocycles. The van der Waals surface area contributed by atoms with E-state index in [-0.39, 0.29) is 11.9 Å². The monoisotopic (exact) mass is 243 g/mol. The van der Waals surface area contributed by atoms with Crippen LogP contribution in [0.15, 0.2) is 0 Å². The minimum atomic E-state index is 0.0133. The van der Waals surface area contributed by atoms with Gasteiger partial charge in [-0.2, -0.15) is 0 Å². The molecule has 0 saturated carbocycles. The second kappa shape index (κ2) is 5.59. The quantitative estimate of drug-likeness (QED) is 0.719. The van der Waals surface area contributed by atoms with E-state index in [9.17, 15) is 4.79 Å². The van der Waals surface area contributed by atoms with E-state index in [1.165, 1.54) is 0 Å². The molecule has 0 aromatic carbocycles. The summed E-state index contributed by atoms with van der Waals surface area (Å²) in [5.41, 5.74) is 5.51. The molecule has 0 bridgehead atoms. The summed E-state index contributed by atoms with van der Waals surface area (Å²) >= 11 is 4.88. The first-order chi connectivity index (χ1) is 7.43. The van der Waals surface area contributed by atoms with Gasteiger partial charge in [-0.1, -0.05) is 12.2 Å². The Morgan fingerprint density at radius 3 is 2.69 bits per heavy atom. The molecule has 1 rings (SSSR count). The third kappa shape index (κ3) is 3.15. The molecule has 1 aliphatic heterocycles. The highest BCUT2D eigenvalue weighted by Crippen LogP contribution is 2.18. The van der Waals surface area contributed by atoms with Crippen LogP contribution in [0.3, 0.4) is 0 Å². The minimum absolute atomic E-state index is 0.0133. The Morgan fingerprint density at radius 2 is 2.31 bits per heavy atom. The van der Waals surface area contributed by atoms with Crippen molar-refractivity contribution in [3.05, 3.63) is 0 Å². The molecule has 92 valence electrons. The number of nitrogens with zero attached hydrogens (tertiary/aromatic N) is 2. The van der Waals surface area contributed by atoms with Crippen LogP contribution in [-0.4, -0.2) is 52.9 Å². The third-order valence-corrected chi connectivity index (χ3v) is 3.28. The van der Waals surface area contributed by atoms with E-state index in [2.05, 4.69) is 18.7 Å². The predicted molar refractivity (Wildman–Crippen MR) is 69.3 cm³/mol. The number of likely N-dealkylation sites (tertiary alicyclic amines) is 1. The fourth-order valence-corrected chi connectivity index (χ4v) is 2.22. The molecule has 1 aliphatic rings. The molecule has 1 amide bonds. The Morgan fingerprint density at radius 1 is 1.69 bits per heavy atom. The van der Waals surface area contributed by atoms with Crippen LogP contribution in [0.4, 0.5) is 0 Å². The summed E-state index contributed by atoms with van der Waals surface area (Å²) in [5, 5.41) is 0. The number of carbonyl (C=O) groups excluding carboxylic acids is 1. The Hall–Kier alpha value is -0.680. The maximum atomic E-state index is 11.9. The predicted octanol–water partition coefficient (Wildman–Crippen LogP) is 0.604. The molecular weight excluding hydrogens is 222 g/mol. The summed E-state index contributed by atoms with van der Waals surface area (Å²) in [7, 11) is 1.86. The minimum Gasteiger partial charge on any atom is -0.393 e. The van der Waals surface area contributed by atoms with Crippen molar-refractivity contribution in [2.24, 2.45) is 5.73 Å². The van der Waals surface area contributed by atoms with Crippen LogP contribution >= 0.6 is 12.2 Å². The van der Waals surface area contributed by atoms with Crippen molar-refractivity contribution >= 4 is 23.1 Å². The molecule has 4 nitrogen and oxygen atoms in total. The van der Waals surface area contributed by atoms with Crippen LogP contribution in [0.5, 0.6) is 0 Å². The average Bonchev–Trinajstić information content (AvgIpc) is 2.49. The van der Waals surface area contributed by atoms with Crippen molar-refractivity contribution in [2.75, 3.05) is 20.1 Å². The zero-order chi connectivity index (χ0) is 12.3. The fraction of sp³-hybridized carbons (Fsp3) is 0.818. The molecule has 1 fully saturated rings. The van der Waals surface area contributed by atoms with E-state index >= 15 is 0 Å². The highest BCUT2D eigenvalue weighted by molar-refractivity contribution is 7.80. The van der Waals surface area contributed by atoms with E-state index in [1.54, 1.807) is 4.90 Å². The van der Waals surface area contributed by atoms with Crippen molar-refractivity contribution in [1.82, 2.24) is 9.80 Å². The van der Waals surface area contributed by atoms with Crippen LogP contribution < -0.4 is 5.73 Å². The van der Waals surface area contributed by atoms with Crippen LogP contribution in [0.25, 0.3) is 0 Å². The van der Waals surface area contributed by atoms with E-state index in [4.69, 9.17) is 18.0 Å². The highest BCUT2D eigenvalue weighted by atomic mass is 32.1. The Bertz CT molecular complexity index is 280. The number of thiocarbonyl (C=S) groups is 1. The van der Waals surface area contributed by atoms with Crippen LogP contribution in [0.1, 0.15) is 26.7 Å². The average molecular weight is 243 g/mol. The summed E-state index contributed by atoms with van der Waals surface area (Å²) in [4.78, 5) is 16.4. The number of hydrogen-bond acceptors (Lipinski definition) is 3. The third-order valence-electron chi connectivity index (χ3n) is 3.08. The van der Waals surface area contributed by atoms with Crippen LogP contribution in [-0.2, 0) is 4.79 Å². The van der Waals surface area contributed by atoms with E-state index < -0.39 is 0 Å². The Balaban J connectivity index is 2.63. The van der Waals surface area contributed by atoms with Gasteiger partial charge in [0.05, 0.1) is 11.0 Å². The van der Waals surface area contributed by atoms with Crippen molar-refractivity contribution in [3.8, 4) is 0 Å². The largest absolute Gasteiger partial charge is 0.393 e. The number of carbonyl (C=O) groups is 1. The van der Waals surface area contributed by atoms with Gasteiger partial charge in [-0.3, -0.25) is 9.69 Å². The summed E-state index contributed by atoms with van der Waals surface area (Å²) in [5.74, 6) is 0.219. The fourth-order valence-electron chi connectivity index (χ4n) is 2.12. The number of likely N-dealkylation sites (N-methyl/N-ethyl adjacent to an activating group) is 1. The van der Waals surface area contributed by atoms with Crippen molar-refractivity contribution in [2.45, 2.75) is 38.8 Å². The lowest BCUT2D eigenvalue weighted by Gasteiger charge is -2.31. The molecule has 0 spiro atoms. The Kier molecular flexibility index (Phi) is 4.68. The van der Waals surface area contributed by atoms with Gasteiger partial charge in [-0.05, 0) is 20.3 Å². The lowest BCUT2D eigenvalue weighted by atomic mass is 10.1. The summed E-state index contributed by atoms with van der Waals surface area (Å²) in [6.07, 6.45) is 1.59. The van der Waals surface area contributed by atoms with Gasteiger partial charge in [0.2, 0.25) is 5.91 Å². The summed E-state index contributed by atoms with van der Waals surface area (Å²) in [6.45, 7) is 5.83. The van der Waals surface area contributed by atoms with E-state index in [0.717, 1.165) is 19.5 Å². The van der Waals surface area contributed by atoms with Gasteiger partial charge in [0.25, 0.3) is 0 Å². The molecule has 0 radical (unpaired) electrons. The second-order valence-electron chi connectivity index (χ2n) is 4.61. The first kappa shape index (κ1) is 13.4. The standard InChI is InChI=1S/C11H21N3OS/c1-8(2)14(7-5-10(12)16)9-4-6-13(3)11(9)15/h8-9H,4-7H2,1-3H3,(H2,12,16). The number of rotatable bonds is 5. The van der Waals surface area contributed by atoms with Crippen molar-refractivity contribution in [1.29, 1.82) is 0 Å². The summed E-state index contributed by atoms with van der Waals surface area (Å²) in [6, 6.07) is 0.356. The zero-order valence-corrected chi connectivity index (χ0v) is 11.1. The van der Waals surface area contributed by atoms with Gasteiger partial charge >= 0.3 is 0 Å². The molecule has 0 aliphatic carbocycles. The maximum absolute atomic E-state index is 11.9. The molecule has 16 heavy (non-hydrogen) atoms. The Labute approximate surface area is 103 Å². The van der Waals surface area contributed by atoms with Gasteiger partial charge in [-0.25, -0.2) is 0 Å². The van der Waals surface area contributed by atoms with Gasteiger partial charge in [0.15, 0.2) is 0 Å². The lowest BCUT2D eigenvalue weighted by Crippen LogP contribution is -2.46. The number of amides is 1. The molecule has 0 aromatic heterocycles. The maximum Gasteiger partial charge on any atom is 0.239 e. The van der Waals surface area contributed by atoms with E-state index in [0.29, 0.717) is 17.5 Å². The van der Waals surface area contributed by atoms with Gasteiger partial charge in [-0.15, -0.1) is 0 Å². The molecular formula is C11H21N3OS. The van der Waals surface area contributed by atoms with Gasteiger partial charge < -0.3 is 10.6 Å². The van der Waals surface area contributed by atoms with Crippen LogP contribution in [0.2, 0.25) is 0 Å². The first-order valence-electron chi connectivity index (χ1n) is 5.72. The first-order valence-corrected chi connectivity index (χ1v) is 6.13. The number of nitrogens with two attached hydrogens (primary N) is 1. The molecule has 1 atom stereocenters. The number of hydrogen-bond donors (Lipinski definition) is 1. The lowest BCUT2D eigenvalue weighted by molar-refractivity contribution is -0.131. The molecule has 0 aromatic rings. The second-order valence-corrected chi connectivity index (χ2v) is 5.14. The van der Waals surface area contributed by atoms with Crippen molar-refractivity contribution in [3.63, 3.8) is 0 Å². The highest BCUT2D eigenvalue weighted by Gasteiger charge is 2.34. The molecule has 2 N–H and O–H groups in total. The normalized spacial score (nSPS) is 21.2. The topological polar surface area (TPSA) is 49.6 Å². The van der Waals surface area contributed by atoms with E-state index in [1.807, 2.05) is 7.05 Å². The zero-order valence-electron chi connectivity index (χ0n) is 10.3. The molecule has 1 saturated heterocycles. The van der Waals surface area contributed by atoms with Gasteiger partial charge in [0.1, 0.15) is 0 Å². The summed E-state index contributed by atoms with van der Waals surface area (Å²) < 4.78 is 0.